The second kappa shape index (κ2) is 4.13. The summed E-state index contributed by atoms with van der Waals surface area (Å²) in [6.07, 6.45) is 4.25. The third kappa shape index (κ3) is 1.98. The van der Waals surface area contributed by atoms with Gasteiger partial charge in [0, 0.05) is 17.8 Å². The SMILES string of the molecule is Cc1n[nH]c(C)c1CNCC1CCC1. The first kappa shape index (κ1) is 9.71. The molecule has 0 unspecified atom stereocenters. The van der Waals surface area contributed by atoms with Gasteiger partial charge >= 0.3 is 0 Å². The summed E-state index contributed by atoms with van der Waals surface area (Å²) in [5, 5.41) is 10.7. The highest BCUT2D eigenvalue weighted by Gasteiger charge is 2.16. The molecule has 1 aliphatic rings. The molecule has 0 spiro atoms. The third-order valence-electron chi connectivity index (χ3n) is 3.24. The maximum absolute atomic E-state index is 4.18. The fourth-order valence-corrected chi connectivity index (χ4v) is 1.93. The standard InChI is InChI=1S/C11H19N3/c1-8-11(9(2)14-13-8)7-12-6-10-4-3-5-10/h10,12H,3-7H2,1-2H3,(H,13,14). The van der Waals surface area contributed by atoms with Gasteiger partial charge in [-0.1, -0.05) is 6.42 Å². The molecule has 0 radical (unpaired) electrons. The molecule has 0 atom stereocenters. The van der Waals surface area contributed by atoms with E-state index < -0.39 is 0 Å². The lowest BCUT2D eigenvalue weighted by atomic mass is 9.85. The fourth-order valence-electron chi connectivity index (χ4n) is 1.93. The molecule has 1 fully saturated rings. The fraction of sp³-hybridized carbons (Fsp3) is 0.727. The van der Waals surface area contributed by atoms with Gasteiger partial charge in [0.15, 0.2) is 0 Å². The van der Waals surface area contributed by atoms with Crippen molar-refractivity contribution in [2.45, 2.75) is 39.7 Å². The summed E-state index contributed by atoms with van der Waals surface area (Å²) in [4.78, 5) is 0. The van der Waals surface area contributed by atoms with Gasteiger partial charge < -0.3 is 5.32 Å². The highest BCUT2D eigenvalue weighted by atomic mass is 15.1. The molecule has 78 valence electrons. The van der Waals surface area contributed by atoms with Gasteiger partial charge in [-0.2, -0.15) is 5.10 Å². The minimum Gasteiger partial charge on any atom is -0.312 e. The molecule has 2 N–H and O–H groups in total. The van der Waals surface area contributed by atoms with Crippen molar-refractivity contribution in [2.24, 2.45) is 5.92 Å². The van der Waals surface area contributed by atoms with Gasteiger partial charge in [0.25, 0.3) is 0 Å². The van der Waals surface area contributed by atoms with E-state index in [1.165, 1.54) is 37.1 Å². The van der Waals surface area contributed by atoms with E-state index >= 15 is 0 Å². The topological polar surface area (TPSA) is 40.7 Å². The lowest BCUT2D eigenvalue weighted by Gasteiger charge is -2.25. The Morgan fingerprint density at radius 3 is 2.71 bits per heavy atom. The number of hydrogen-bond acceptors (Lipinski definition) is 2. The number of aryl methyl sites for hydroxylation is 2. The smallest absolute Gasteiger partial charge is 0.0638 e. The first-order valence-corrected chi connectivity index (χ1v) is 5.48. The molecule has 3 heteroatoms. The minimum absolute atomic E-state index is 0.933. The Bertz CT molecular complexity index is 280. The number of H-pyrrole nitrogens is 1. The summed E-state index contributed by atoms with van der Waals surface area (Å²) in [5.74, 6) is 0.933. The van der Waals surface area contributed by atoms with Gasteiger partial charge in [-0.15, -0.1) is 0 Å². The summed E-state index contributed by atoms with van der Waals surface area (Å²) in [5.41, 5.74) is 3.66. The first-order valence-electron chi connectivity index (χ1n) is 5.48. The number of nitrogens with zero attached hydrogens (tertiary/aromatic N) is 1. The van der Waals surface area contributed by atoms with Gasteiger partial charge in [0.2, 0.25) is 0 Å². The van der Waals surface area contributed by atoms with Crippen molar-refractivity contribution >= 4 is 0 Å². The van der Waals surface area contributed by atoms with Gasteiger partial charge in [-0.25, -0.2) is 0 Å². The Hall–Kier alpha value is -0.830. The molecule has 0 aromatic carbocycles. The van der Waals surface area contributed by atoms with Crippen molar-refractivity contribution in [1.82, 2.24) is 15.5 Å². The predicted molar refractivity (Wildman–Crippen MR) is 57.1 cm³/mol. The van der Waals surface area contributed by atoms with Gasteiger partial charge in [0.1, 0.15) is 0 Å². The first-order chi connectivity index (χ1) is 6.77. The summed E-state index contributed by atoms with van der Waals surface area (Å²) in [6, 6.07) is 0. The van der Waals surface area contributed by atoms with Crippen LogP contribution in [0.4, 0.5) is 0 Å². The average molecular weight is 193 g/mol. The Morgan fingerprint density at radius 2 is 2.21 bits per heavy atom. The highest BCUT2D eigenvalue weighted by molar-refractivity contribution is 5.22. The number of aromatic nitrogens is 2. The van der Waals surface area contributed by atoms with E-state index in [1.807, 2.05) is 0 Å². The van der Waals surface area contributed by atoms with Crippen molar-refractivity contribution in [2.75, 3.05) is 6.54 Å². The second-order valence-electron chi connectivity index (χ2n) is 4.34. The van der Waals surface area contributed by atoms with E-state index in [-0.39, 0.29) is 0 Å². The molecule has 1 heterocycles. The Kier molecular flexibility index (Phi) is 2.87. The van der Waals surface area contributed by atoms with Crippen LogP contribution in [0.3, 0.4) is 0 Å². The molecular weight excluding hydrogens is 174 g/mol. The summed E-state index contributed by atoms with van der Waals surface area (Å²) in [6.45, 7) is 6.28. The van der Waals surface area contributed by atoms with Crippen molar-refractivity contribution in [3.05, 3.63) is 17.0 Å². The van der Waals surface area contributed by atoms with E-state index in [0.717, 1.165) is 18.2 Å². The van der Waals surface area contributed by atoms with Crippen LogP contribution in [0.2, 0.25) is 0 Å². The number of rotatable bonds is 4. The van der Waals surface area contributed by atoms with Gasteiger partial charge in [-0.3, -0.25) is 5.10 Å². The molecule has 0 amide bonds. The quantitative estimate of drug-likeness (QED) is 0.767. The van der Waals surface area contributed by atoms with Crippen LogP contribution >= 0.6 is 0 Å². The highest BCUT2D eigenvalue weighted by Crippen LogP contribution is 2.25. The molecule has 1 aliphatic carbocycles. The van der Waals surface area contributed by atoms with Crippen LogP contribution in [0.15, 0.2) is 0 Å². The molecular formula is C11H19N3. The largest absolute Gasteiger partial charge is 0.312 e. The summed E-state index contributed by atoms with van der Waals surface area (Å²) >= 11 is 0. The van der Waals surface area contributed by atoms with E-state index in [0.29, 0.717) is 0 Å². The number of nitrogens with one attached hydrogen (secondary N) is 2. The maximum atomic E-state index is 4.18. The van der Waals surface area contributed by atoms with E-state index in [2.05, 4.69) is 29.4 Å². The maximum Gasteiger partial charge on any atom is 0.0638 e. The van der Waals surface area contributed by atoms with Crippen LogP contribution < -0.4 is 5.32 Å². The molecule has 1 aromatic heterocycles. The molecule has 14 heavy (non-hydrogen) atoms. The minimum atomic E-state index is 0.933. The van der Waals surface area contributed by atoms with Crippen molar-refractivity contribution in [3.8, 4) is 0 Å². The van der Waals surface area contributed by atoms with Crippen molar-refractivity contribution in [3.63, 3.8) is 0 Å². The van der Waals surface area contributed by atoms with Crippen LogP contribution in [0.25, 0.3) is 0 Å². The monoisotopic (exact) mass is 193 g/mol. The predicted octanol–water partition coefficient (Wildman–Crippen LogP) is 1.92. The summed E-state index contributed by atoms with van der Waals surface area (Å²) in [7, 11) is 0. The Labute approximate surface area is 85.3 Å². The molecule has 3 nitrogen and oxygen atoms in total. The van der Waals surface area contributed by atoms with E-state index in [4.69, 9.17) is 0 Å². The number of hydrogen-bond donors (Lipinski definition) is 2. The van der Waals surface area contributed by atoms with E-state index in [9.17, 15) is 0 Å². The Morgan fingerprint density at radius 1 is 1.43 bits per heavy atom. The van der Waals surface area contributed by atoms with Crippen LogP contribution in [0.1, 0.15) is 36.2 Å². The average Bonchev–Trinajstić information content (AvgIpc) is 2.39. The zero-order valence-electron chi connectivity index (χ0n) is 9.06. The summed E-state index contributed by atoms with van der Waals surface area (Å²) < 4.78 is 0. The van der Waals surface area contributed by atoms with Crippen molar-refractivity contribution in [1.29, 1.82) is 0 Å². The van der Waals surface area contributed by atoms with Gasteiger partial charge in [-0.05, 0) is 39.2 Å². The van der Waals surface area contributed by atoms with E-state index in [1.54, 1.807) is 0 Å². The molecule has 0 aliphatic heterocycles. The molecule has 2 rings (SSSR count). The Balaban J connectivity index is 1.79. The zero-order valence-corrected chi connectivity index (χ0v) is 9.06. The third-order valence-corrected chi connectivity index (χ3v) is 3.24. The lowest BCUT2D eigenvalue weighted by Crippen LogP contribution is -2.27. The van der Waals surface area contributed by atoms with Crippen LogP contribution in [-0.2, 0) is 6.54 Å². The lowest BCUT2D eigenvalue weighted by molar-refractivity contribution is 0.301. The molecule has 1 aromatic rings. The van der Waals surface area contributed by atoms with Crippen LogP contribution in [0, 0.1) is 19.8 Å². The van der Waals surface area contributed by atoms with Crippen LogP contribution in [0.5, 0.6) is 0 Å². The van der Waals surface area contributed by atoms with Crippen LogP contribution in [-0.4, -0.2) is 16.7 Å². The number of aromatic amines is 1. The molecule has 1 saturated carbocycles. The van der Waals surface area contributed by atoms with Crippen molar-refractivity contribution < 1.29 is 0 Å². The zero-order chi connectivity index (χ0) is 9.97. The van der Waals surface area contributed by atoms with Gasteiger partial charge in [0.05, 0.1) is 5.69 Å². The normalized spacial score (nSPS) is 17.0. The molecule has 0 saturated heterocycles. The second-order valence-corrected chi connectivity index (χ2v) is 4.34. The molecule has 0 bridgehead atoms.